The Kier molecular flexibility index (Phi) is 11.9. The van der Waals surface area contributed by atoms with Crippen molar-refractivity contribution in [3.8, 4) is 0 Å². The third kappa shape index (κ3) is 8.33. The fourth-order valence-corrected chi connectivity index (χ4v) is 4.46. The Morgan fingerprint density at radius 2 is 1.74 bits per heavy atom. The maximum absolute atomic E-state index is 13.6. The summed E-state index contributed by atoms with van der Waals surface area (Å²) in [6, 6.07) is 9.07. The van der Waals surface area contributed by atoms with Gasteiger partial charge in [-0.1, -0.05) is 70.4 Å². The first-order valence-electron chi connectivity index (χ1n) is 13.1. The average molecular weight is 473 g/mol. The molecular formula is C27H44N4O3. The molecule has 4 amide bonds. The van der Waals surface area contributed by atoms with Gasteiger partial charge in [-0.15, -0.1) is 0 Å². The third-order valence-corrected chi connectivity index (χ3v) is 6.67. The summed E-state index contributed by atoms with van der Waals surface area (Å²) >= 11 is 0. The molecule has 1 fully saturated rings. The molecule has 1 aromatic rings. The van der Waals surface area contributed by atoms with E-state index in [-0.39, 0.29) is 29.8 Å². The van der Waals surface area contributed by atoms with Crippen LogP contribution in [0.1, 0.15) is 71.8 Å². The smallest absolute Gasteiger partial charge is 0.317 e. The van der Waals surface area contributed by atoms with Crippen LogP contribution in [-0.2, 0) is 16.0 Å². The van der Waals surface area contributed by atoms with Gasteiger partial charge in [0.1, 0.15) is 6.04 Å². The fraction of sp³-hybridized carbons (Fsp3) is 0.667. The number of amides is 4. The van der Waals surface area contributed by atoms with E-state index in [1.165, 1.54) is 0 Å². The molecule has 3 atom stereocenters. The van der Waals surface area contributed by atoms with E-state index in [2.05, 4.69) is 24.5 Å². The Morgan fingerprint density at radius 3 is 2.35 bits per heavy atom. The number of nitrogens with zero attached hydrogens (tertiary/aromatic N) is 2. The number of hydrogen-bond acceptors (Lipinski definition) is 3. The van der Waals surface area contributed by atoms with Crippen LogP contribution in [0.2, 0.25) is 0 Å². The molecule has 3 unspecified atom stereocenters. The lowest BCUT2D eigenvalue weighted by Gasteiger charge is -2.41. The molecule has 0 saturated carbocycles. The standard InChI is InChI=1S/C27H44N4O3/c1-5-8-15-23(7-3)25(32)29-24(19-22-13-11-10-12-14-22)26(33)30-17-18-31(21(4)20-30)27(34)28-16-9-6-2/h10-14,21,23-24H,5-9,15-20H2,1-4H3,(H,28,34)(H,29,32). The molecule has 0 aromatic heterocycles. The molecule has 0 radical (unpaired) electrons. The number of carbonyl (C=O) groups is 3. The highest BCUT2D eigenvalue weighted by atomic mass is 16.2. The summed E-state index contributed by atoms with van der Waals surface area (Å²) in [6.07, 6.45) is 6.10. The van der Waals surface area contributed by atoms with E-state index in [4.69, 9.17) is 0 Å². The molecule has 7 nitrogen and oxygen atoms in total. The number of urea groups is 1. The second kappa shape index (κ2) is 14.6. The van der Waals surface area contributed by atoms with Crippen molar-refractivity contribution in [2.45, 2.75) is 84.7 Å². The molecular weight excluding hydrogens is 428 g/mol. The SMILES string of the molecule is CCCCNC(=O)N1CCN(C(=O)C(Cc2ccccc2)NC(=O)C(CC)CCCC)CC1C. The lowest BCUT2D eigenvalue weighted by molar-refractivity contribution is -0.139. The van der Waals surface area contributed by atoms with E-state index in [1.807, 2.05) is 49.1 Å². The minimum Gasteiger partial charge on any atom is -0.344 e. The van der Waals surface area contributed by atoms with E-state index >= 15 is 0 Å². The minimum absolute atomic E-state index is 0.0350. The summed E-state index contributed by atoms with van der Waals surface area (Å²) < 4.78 is 0. The zero-order valence-corrected chi connectivity index (χ0v) is 21.5. The molecule has 2 rings (SSSR count). The predicted molar refractivity (Wildman–Crippen MR) is 136 cm³/mol. The first-order valence-corrected chi connectivity index (χ1v) is 13.1. The van der Waals surface area contributed by atoms with Crippen molar-refractivity contribution in [2.75, 3.05) is 26.2 Å². The molecule has 7 heteroatoms. The maximum atomic E-state index is 13.6. The van der Waals surface area contributed by atoms with Gasteiger partial charge in [0.05, 0.1) is 0 Å². The Bertz CT molecular complexity index is 770. The highest BCUT2D eigenvalue weighted by Gasteiger charge is 2.34. The van der Waals surface area contributed by atoms with Crippen molar-refractivity contribution < 1.29 is 14.4 Å². The molecule has 2 N–H and O–H groups in total. The Morgan fingerprint density at radius 1 is 1.03 bits per heavy atom. The minimum atomic E-state index is -0.609. The second-order valence-corrected chi connectivity index (χ2v) is 9.41. The van der Waals surface area contributed by atoms with Crippen LogP contribution in [0.15, 0.2) is 30.3 Å². The summed E-state index contributed by atoms with van der Waals surface area (Å²) in [7, 11) is 0. The van der Waals surface area contributed by atoms with Gasteiger partial charge in [0.15, 0.2) is 0 Å². The van der Waals surface area contributed by atoms with Crippen LogP contribution in [0.25, 0.3) is 0 Å². The number of rotatable bonds is 12. The van der Waals surface area contributed by atoms with Gasteiger partial charge in [0.2, 0.25) is 11.8 Å². The van der Waals surface area contributed by atoms with E-state index in [9.17, 15) is 14.4 Å². The topological polar surface area (TPSA) is 81.8 Å². The Labute approximate surface area is 205 Å². The maximum Gasteiger partial charge on any atom is 0.317 e. The monoisotopic (exact) mass is 472 g/mol. The number of carbonyl (C=O) groups excluding carboxylic acids is 3. The molecule has 1 aliphatic heterocycles. The highest BCUT2D eigenvalue weighted by Crippen LogP contribution is 2.16. The van der Waals surface area contributed by atoms with Crippen LogP contribution in [-0.4, -0.2) is 65.9 Å². The van der Waals surface area contributed by atoms with Crippen molar-refractivity contribution in [3.05, 3.63) is 35.9 Å². The molecule has 0 spiro atoms. The number of unbranched alkanes of at least 4 members (excludes halogenated alkanes) is 2. The third-order valence-electron chi connectivity index (χ3n) is 6.67. The molecule has 1 heterocycles. The lowest BCUT2D eigenvalue weighted by atomic mass is 9.97. The molecule has 190 valence electrons. The molecule has 34 heavy (non-hydrogen) atoms. The van der Waals surface area contributed by atoms with E-state index in [0.717, 1.165) is 44.1 Å². The first kappa shape index (κ1) is 27.7. The van der Waals surface area contributed by atoms with Gasteiger partial charge in [-0.05, 0) is 31.7 Å². The zero-order valence-electron chi connectivity index (χ0n) is 21.5. The first-order chi connectivity index (χ1) is 16.4. The molecule has 1 aromatic carbocycles. The number of benzene rings is 1. The van der Waals surface area contributed by atoms with Crippen molar-refractivity contribution in [1.82, 2.24) is 20.4 Å². The van der Waals surface area contributed by atoms with Crippen LogP contribution >= 0.6 is 0 Å². The van der Waals surface area contributed by atoms with Gasteiger partial charge in [0.25, 0.3) is 0 Å². The molecule has 1 saturated heterocycles. The van der Waals surface area contributed by atoms with E-state index < -0.39 is 6.04 Å². The summed E-state index contributed by atoms with van der Waals surface area (Å²) in [5.41, 5.74) is 1.02. The van der Waals surface area contributed by atoms with E-state index in [1.54, 1.807) is 4.90 Å². The normalized spacial score (nSPS) is 17.7. The number of piperazine rings is 1. The van der Waals surface area contributed by atoms with Gasteiger partial charge in [-0.3, -0.25) is 9.59 Å². The summed E-state index contributed by atoms with van der Waals surface area (Å²) in [5, 5.41) is 6.05. The summed E-state index contributed by atoms with van der Waals surface area (Å²) in [4.78, 5) is 42.8. The van der Waals surface area contributed by atoms with Crippen molar-refractivity contribution in [1.29, 1.82) is 0 Å². The number of hydrogen-bond donors (Lipinski definition) is 2. The van der Waals surface area contributed by atoms with Crippen LogP contribution in [0.4, 0.5) is 4.79 Å². The van der Waals surface area contributed by atoms with Gasteiger partial charge in [-0.25, -0.2) is 4.79 Å². The molecule has 1 aliphatic rings. The van der Waals surface area contributed by atoms with Gasteiger partial charge < -0.3 is 20.4 Å². The van der Waals surface area contributed by atoms with Gasteiger partial charge in [0, 0.05) is 44.6 Å². The largest absolute Gasteiger partial charge is 0.344 e. The van der Waals surface area contributed by atoms with Crippen molar-refractivity contribution in [3.63, 3.8) is 0 Å². The summed E-state index contributed by atoms with van der Waals surface area (Å²) in [5.74, 6) is -0.179. The zero-order chi connectivity index (χ0) is 24.9. The quantitative estimate of drug-likeness (QED) is 0.452. The van der Waals surface area contributed by atoms with E-state index in [0.29, 0.717) is 32.6 Å². The van der Waals surface area contributed by atoms with Crippen molar-refractivity contribution in [2.24, 2.45) is 5.92 Å². The molecule has 0 bridgehead atoms. The van der Waals surface area contributed by atoms with Gasteiger partial charge >= 0.3 is 6.03 Å². The van der Waals surface area contributed by atoms with Crippen LogP contribution < -0.4 is 10.6 Å². The summed E-state index contributed by atoms with van der Waals surface area (Å²) in [6.45, 7) is 10.3. The Hall–Kier alpha value is -2.57. The van der Waals surface area contributed by atoms with Crippen LogP contribution in [0.3, 0.4) is 0 Å². The number of nitrogens with one attached hydrogen (secondary N) is 2. The highest BCUT2D eigenvalue weighted by molar-refractivity contribution is 5.89. The molecule has 0 aliphatic carbocycles. The average Bonchev–Trinajstić information content (AvgIpc) is 2.84. The Balaban J connectivity index is 2.07. The fourth-order valence-electron chi connectivity index (χ4n) is 4.46. The lowest BCUT2D eigenvalue weighted by Crippen LogP contribution is -2.61. The van der Waals surface area contributed by atoms with Crippen LogP contribution in [0.5, 0.6) is 0 Å². The predicted octanol–water partition coefficient (Wildman–Crippen LogP) is 3.97. The van der Waals surface area contributed by atoms with Crippen molar-refractivity contribution >= 4 is 17.8 Å². The van der Waals surface area contributed by atoms with Crippen LogP contribution in [0, 0.1) is 5.92 Å². The van der Waals surface area contributed by atoms with Gasteiger partial charge in [-0.2, -0.15) is 0 Å². The second-order valence-electron chi connectivity index (χ2n) is 9.41.